The molecular weight excluding hydrogens is 260 g/mol. The molecule has 0 radical (unpaired) electrons. The van der Waals surface area contributed by atoms with Crippen LogP contribution in [0.25, 0.3) is 0 Å². The van der Waals surface area contributed by atoms with Gasteiger partial charge in [-0.05, 0) is 18.8 Å². The summed E-state index contributed by atoms with van der Waals surface area (Å²) in [6, 6.07) is 0. The minimum Gasteiger partial charge on any atom is -0.476 e. The summed E-state index contributed by atoms with van der Waals surface area (Å²) in [5.74, 6) is -0.861. The average Bonchev–Trinajstić information content (AvgIpc) is 2.76. The van der Waals surface area contributed by atoms with Gasteiger partial charge in [-0.2, -0.15) is 0 Å². The summed E-state index contributed by atoms with van der Waals surface area (Å²) < 4.78 is 6.70. The maximum Gasteiger partial charge on any atom is 0.356 e. The smallest absolute Gasteiger partial charge is 0.356 e. The van der Waals surface area contributed by atoms with Crippen LogP contribution in [0.15, 0.2) is 0 Å². The fourth-order valence-electron chi connectivity index (χ4n) is 2.76. The van der Waals surface area contributed by atoms with Gasteiger partial charge in [0.05, 0.1) is 18.7 Å². The highest BCUT2D eigenvalue weighted by molar-refractivity contribution is 5.90. The van der Waals surface area contributed by atoms with Gasteiger partial charge < -0.3 is 14.4 Å². The van der Waals surface area contributed by atoms with E-state index in [4.69, 9.17) is 4.74 Å². The van der Waals surface area contributed by atoms with Crippen LogP contribution in [-0.4, -0.2) is 33.7 Å². The van der Waals surface area contributed by atoms with Crippen LogP contribution in [0.4, 0.5) is 0 Å². The molecule has 0 spiro atoms. The van der Waals surface area contributed by atoms with Crippen LogP contribution in [0, 0.1) is 5.92 Å². The zero-order chi connectivity index (χ0) is 14.9. The molecule has 20 heavy (non-hydrogen) atoms. The highest BCUT2D eigenvalue weighted by Gasteiger charge is 2.35. The van der Waals surface area contributed by atoms with Crippen LogP contribution >= 0.6 is 0 Å². The predicted molar refractivity (Wildman–Crippen MR) is 71.7 cm³/mol. The molecule has 0 aromatic carbocycles. The van der Waals surface area contributed by atoms with Crippen molar-refractivity contribution in [3.8, 4) is 0 Å². The van der Waals surface area contributed by atoms with Gasteiger partial charge in [-0.15, -0.1) is 0 Å². The molecule has 1 unspecified atom stereocenters. The Morgan fingerprint density at radius 2 is 2.20 bits per heavy atom. The molecule has 0 aliphatic carbocycles. The van der Waals surface area contributed by atoms with E-state index in [0.717, 1.165) is 12.2 Å². The lowest BCUT2D eigenvalue weighted by molar-refractivity contribution is -0.143. The van der Waals surface area contributed by atoms with Crippen LogP contribution in [0.3, 0.4) is 0 Å². The van der Waals surface area contributed by atoms with Crippen molar-refractivity contribution in [2.45, 2.75) is 45.6 Å². The molecule has 1 aromatic rings. The Kier molecular flexibility index (Phi) is 4.11. The molecule has 2 heterocycles. The molecule has 1 N–H and O–H groups in total. The summed E-state index contributed by atoms with van der Waals surface area (Å²) in [7, 11) is 1.33. The van der Waals surface area contributed by atoms with Crippen LogP contribution in [-0.2, 0) is 22.5 Å². The van der Waals surface area contributed by atoms with E-state index in [-0.39, 0.29) is 11.7 Å². The molecule has 0 saturated heterocycles. The summed E-state index contributed by atoms with van der Waals surface area (Å²) in [6.45, 7) is 4.83. The number of carboxylic acids is 1. The van der Waals surface area contributed by atoms with Gasteiger partial charge >= 0.3 is 11.9 Å². The summed E-state index contributed by atoms with van der Waals surface area (Å²) in [4.78, 5) is 27.5. The monoisotopic (exact) mass is 280 g/mol. The van der Waals surface area contributed by atoms with Crippen LogP contribution in [0.1, 0.15) is 54.6 Å². The van der Waals surface area contributed by atoms with E-state index in [2.05, 4.69) is 18.8 Å². The lowest BCUT2D eigenvalue weighted by Gasteiger charge is -2.24. The number of imidazole rings is 1. The van der Waals surface area contributed by atoms with E-state index in [1.807, 2.05) is 4.57 Å². The van der Waals surface area contributed by atoms with E-state index in [0.29, 0.717) is 31.0 Å². The highest BCUT2D eigenvalue weighted by atomic mass is 16.5. The molecule has 0 fully saturated rings. The molecule has 6 nitrogen and oxygen atoms in total. The van der Waals surface area contributed by atoms with Crippen molar-refractivity contribution in [2.75, 3.05) is 7.11 Å². The number of esters is 1. The summed E-state index contributed by atoms with van der Waals surface area (Å²) >= 11 is 0. The number of methoxy groups -OCH3 is 1. The van der Waals surface area contributed by atoms with Crippen LogP contribution in [0.2, 0.25) is 0 Å². The molecule has 2 rings (SSSR count). The Balaban J connectivity index is 2.52. The first kappa shape index (κ1) is 14.6. The third kappa shape index (κ3) is 2.55. The number of nitrogens with zero attached hydrogens (tertiary/aromatic N) is 2. The fourth-order valence-corrected chi connectivity index (χ4v) is 2.76. The second-order valence-electron chi connectivity index (χ2n) is 5.53. The number of aromatic carboxylic acids is 1. The number of aromatic nitrogens is 2. The average molecular weight is 280 g/mol. The summed E-state index contributed by atoms with van der Waals surface area (Å²) in [5, 5.41) is 9.33. The molecule has 1 aromatic heterocycles. The second kappa shape index (κ2) is 5.64. The number of hydrogen-bond acceptors (Lipinski definition) is 4. The van der Waals surface area contributed by atoms with Gasteiger partial charge in [-0.1, -0.05) is 13.8 Å². The van der Waals surface area contributed by atoms with Crippen molar-refractivity contribution in [3.05, 3.63) is 17.2 Å². The second-order valence-corrected chi connectivity index (χ2v) is 5.53. The quantitative estimate of drug-likeness (QED) is 0.851. The topological polar surface area (TPSA) is 81.4 Å². The predicted octanol–water partition coefficient (Wildman–Crippen LogP) is 1.83. The lowest BCUT2D eigenvalue weighted by atomic mass is 9.94. The van der Waals surface area contributed by atoms with Gasteiger partial charge in [0.15, 0.2) is 5.69 Å². The largest absolute Gasteiger partial charge is 0.476 e. The first-order valence-electron chi connectivity index (χ1n) is 6.86. The third-order valence-electron chi connectivity index (χ3n) is 3.57. The van der Waals surface area contributed by atoms with Crippen molar-refractivity contribution < 1.29 is 19.4 Å². The van der Waals surface area contributed by atoms with Crippen molar-refractivity contribution in [2.24, 2.45) is 5.92 Å². The van der Waals surface area contributed by atoms with Gasteiger partial charge in [0.2, 0.25) is 0 Å². The Morgan fingerprint density at radius 1 is 1.50 bits per heavy atom. The van der Waals surface area contributed by atoms with E-state index < -0.39 is 11.9 Å². The molecule has 1 atom stereocenters. The van der Waals surface area contributed by atoms with Gasteiger partial charge in [0, 0.05) is 13.0 Å². The fraction of sp³-hybridized carbons (Fsp3) is 0.643. The van der Waals surface area contributed by atoms with Gasteiger partial charge in [-0.25, -0.2) is 9.78 Å². The van der Waals surface area contributed by atoms with E-state index >= 15 is 0 Å². The number of hydrogen-bond donors (Lipinski definition) is 1. The molecule has 0 bridgehead atoms. The molecular formula is C14H20N2O4. The molecule has 0 saturated carbocycles. The SMILES string of the molecule is COC(=O)C1CCCn2c(CC(C)C)nc(C(=O)O)c21. The Bertz CT molecular complexity index is 534. The first-order chi connectivity index (χ1) is 9.45. The van der Waals surface area contributed by atoms with Crippen molar-refractivity contribution in [3.63, 3.8) is 0 Å². The van der Waals surface area contributed by atoms with Crippen LogP contribution in [0.5, 0.6) is 0 Å². The maximum absolute atomic E-state index is 11.9. The molecule has 1 aliphatic rings. The number of rotatable bonds is 4. The minimum absolute atomic E-state index is 0.00394. The Hall–Kier alpha value is -1.85. The zero-order valence-electron chi connectivity index (χ0n) is 12.0. The lowest BCUT2D eigenvalue weighted by Crippen LogP contribution is -2.25. The molecule has 1 aliphatic heterocycles. The van der Waals surface area contributed by atoms with Gasteiger partial charge in [0.1, 0.15) is 5.82 Å². The van der Waals surface area contributed by atoms with Crippen LogP contribution < -0.4 is 0 Å². The number of fused-ring (bicyclic) bond motifs is 1. The molecule has 0 amide bonds. The van der Waals surface area contributed by atoms with E-state index in [1.165, 1.54) is 7.11 Å². The maximum atomic E-state index is 11.9. The van der Waals surface area contributed by atoms with E-state index in [9.17, 15) is 14.7 Å². The van der Waals surface area contributed by atoms with Crippen molar-refractivity contribution in [1.29, 1.82) is 0 Å². The number of carbonyl (C=O) groups is 2. The Labute approximate surface area is 117 Å². The molecule has 6 heteroatoms. The number of ether oxygens (including phenoxy) is 1. The zero-order valence-corrected chi connectivity index (χ0v) is 12.0. The van der Waals surface area contributed by atoms with Gasteiger partial charge in [0.25, 0.3) is 0 Å². The Morgan fingerprint density at radius 3 is 2.75 bits per heavy atom. The third-order valence-corrected chi connectivity index (χ3v) is 3.57. The van der Waals surface area contributed by atoms with Crippen molar-refractivity contribution >= 4 is 11.9 Å². The van der Waals surface area contributed by atoms with Crippen molar-refractivity contribution in [1.82, 2.24) is 9.55 Å². The highest BCUT2D eigenvalue weighted by Crippen LogP contribution is 2.32. The summed E-state index contributed by atoms with van der Waals surface area (Å²) in [6.07, 6.45) is 2.14. The van der Waals surface area contributed by atoms with Gasteiger partial charge in [-0.3, -0.25) is 4.79 Å². The minimum atomic E-state index is -1.08. The molecule has 110 valence electrons. The standard InChI is InChI=1S/C14H20N2O4/c1-8(2)7-10-15-11(13(17)18)12-9(14(19)20-3)5-4-6-16(10)12/h8-9H,4-7H2,1-3H3,(H,17,18). The normalized spacial score (nSPS) is 17.9. The number of carbonyl (C=O) groups excluding carboxylic acids is 1. The van der Waals surface area contributed by atoms with E-state index in [1.54, 1.807) is 0 Å². The summed E-state index contributed by atoms with van der Waals surface area (Å²) in [5.41, 5.74) is 0.502. The first-order valence-corrected chi connectivity index (χ1v) is 6.86. The number of carboxylic acid groups (broad SMARTS) is 1.